The summed E-state index contributed by atoms with van der Waals surface area (Å²) in [5.74, 6) is -4.30. The van der Waals surface area contributed by atoms with E-state index >= 15 is 0 Å². The van der Waals surface area contributed by atoms with Crippen LogP contribution in [0, 0.1) is 23.3 Å². The minimum absolute atomic E-state index is 0.130. The molecule has 3 aromatic rings. The second-order valence-electron chi connectivity index (χ2n) is 9.72. The van der Waals surface area contributed by atoms with Gasteiger partial charge in [-0.3, -0.25) is 9.59 Å². The number of hydrogen-bond acceptors (Lipinski definition) is 4. The van der Waals surface area contributed by atoms with Crippen molar-refractivity contribution >= 4 is 23.8 Å². The van der Waals surface area contributed by atoms with Gasteiger partial charge < -0.3 is 15.4 Å². The second kappa shape index (κ2) is 13.9. The molecule has 1 amide bonds. The van der Waals surface area contributed by atoms with Crippen LogP contribution in [0.2, 0.25) is 0 Å². The number of ketones is 1. The molecule has 41 heavy (non-hydrogen) atoms. The predicted molar refractivity (Wildman–Crippen MR) is 149 cm³/mol. The van der Waals surface area contributed by atoms with Crippen molar-refractivity contribution < 1.29 is 31.9 Å². The molecule has 0 aliphatic heterocycles. The summed E-state index contributed by atoms with van der Waals surface area (Å²) < 4.78 is 60.2. The number of ether oxygens (including phenoxy) is 1. The Morgan fingerprint density at radius 2 is 1.39 bits per heavy atom. The molecule has 5 nitrogen and oxygen atoms in total. The van der Waals surface area contributed by atoms with Gasteiger partial charge in [0.15, 0.2) is 29.1 Å². The van der Waals surface area contributed by atoms with Gasteiger partial charge in [0.1, 0.15) is 12.4 Å². The lowest BCUT2D eigenvalue weighted by molar-refractivity contribution is -0.113. The van der Waals surface area contributed by atoms with Crippen LogP contribution in [0.15, 0.2) is 71.8 Å². The average molecular weight is 567 g/mol. The maximum absolute atomic E-state index is 13.8. The highest BCUT2D eigenvalue weighted by atomic mass is 19.2. The van der Waals surface area contributed by atoms with Crippen molar-refractivity contribution in [1.82, 2.24) is 10.6 Å². The van der Waals surface area contributed by atoms with Crippen LogP contribution in [0.4, 0.5) is 17.6 Å². The second-order valence-corrected chi connectivity index (χ2v) is 9.72. The minimum atomic E-state index is -1.06. The molecule has 0 aromatic heterocycles. The number of carbonyl (C=O) groups excluding carboxylic acids is 2. The Morgan fingerprint density at radius 3 is 1.90 bits per heavy atom. The number of halogens is 4. The first-order chi connectivity index (χ1) is 19.7. The quantitative estimate of drug-likeness (QED) is 0.173. The molecule has 0 spiro atoms. The fourth-order valence-corrected chi connectivity index (χ4v) is 4.47. The smallest absolute Gasteiger partial charge is 0.251 e. The van der Waals surface area contributed by atoms with Crippen LogP contribution in [0.1, 0.15) is 47.7 Å². The first-order valence-corrected chi connectivity index (χ1v) is 13.3. The van der Waals surface area contributed by atoms with Crippen molar-refractivity contribution in [3.8, 4) is 5.75 Å². The molecule has 1 fully saturated rings. The first-order valence-electron chi connectivity index (χ1n) is 13.3. The third-order valence-corrected chi connectivity index (χ3v) is 6.51. The normalized spacial score (nSPS) is 17.2. The lowest BCUT2D eigenvalue weighted by Crippen LogP contribution is -2.39. The topological polar surface area (TPSA) is 67.4 Å². The molecule has 0 radical (unpaired) electrons. The number of benzene rings is 3. The molecule has 0 unspecified atom stereocenters. The average Bonchev–Trinajstić information content (AvgIpc) is 2.95. The summed E-state index contributed by atoms with van der Waals surface area (Å²) in [6.07, 6.45) is 4.16. The fourth-order valence-electron chi connectivity index (χ4n) is 4.47. The molecular weight excluding hydrogens is 536 g/mol. The number of carbonyl (C=O) groups is 2. The molecule has 1 aliphatic rings. The van der Waals surface area contributed by atoms with E-state index in [0.717, 1.165) is 37.2 Å². The van der Waals surface area contributed by atoms with Gasteiger partial charge in [-0.25, -0.2) is 17.6 Å². The van der Waals surface area contributed by atoms with Gasteiger partial charge in [0.25, 0.3) is 5.91 Å². The Bertz CT molecular complexity index is 1390. The Hall–Kier alpha value is -4.24. The van der Waals surface area contributed by atoms with Gasteiger partial charge in [0.05, 0.1) is 0 Å². The van der Waals surface area contributed by atoms with E-state index in [1.165, 1.54) is 24.3 Å². The molecule has 1 saturated carbocycles. The molecule has 0 heterocycles. The highest BCUT2D eigenvalue weighted by Gasteiger charge is 2.29. The molecular formula is C32H30F4N2O3. The van der Waals surface area contributed by atoms with E-state index in [9.17, 15) is 27.2 Å². The molecule has 4 rings (SSSR count). The Labute approximate surface area is 235 Å². The van der Waals surface area contributed by atoms with Crippen molar-refractivity contribution in [2.75, 3.05) is 19.7 Å². The number of amides is 1. The minimum Gasteiger partial charge on any atom is -0.492 e. The molecule has 3 aromatic carbocycles. The Morgan fingerprint density at radius 1 is 0.829 bits per heavy atom. The van der Waals surface area contributed by atoms with E-state index < -0.39 is 29.3 Å². The van der Waals surface area contributed by atoms with Gasteiger partial charge in [-0.15, -0.1) is 0 Å². The number of nitrogens with one attached hydrogen (secondary N) is 2. The zero-order valence-electron chi connectivity index (χ0n) is 22.5. The highest BCUT2D eigenvalue weighted by molar-refractivity contribution is 6.14. The largest absolute Gasteiger partial charge is 0.492 e. The molecule has 0 bridgehead atoms. The highest BCUT2D eigenvalue weighted by Crippen LogP contribution is 2.29. The monoisotopic (exact) mass is 566 g/mol. The van der Waals surface area contributed by atoms with E-state index in [0.29, 0.717) is 24.5 Å². The summed E-state index contributed by atoms with van der Waals surface area (Å²) in [6, 6.07) is 12.7. The van der Waals surface area contributed by atoms with E-state index in [1.54, 1.807) is 24.3 Å². The van der Waals surface area contributed by atoms with Crippen molar-refractivity contribution in [2.45, 2.75) is 32.2 Å². The summed E-state index contributed by atoms with van der Waals surface area (Å²) in [4.78, 5) is 26.4. The maximum Gasteiger partial charge on any atom is 0.251 e. The van der Waals surface area contributed by atoms with Crippen LogP contribution >= 0.6 is 0 Å². The zero-order chi connectivity index (χ0) is 29.4. The summed E-state index contributed by atoms with van der Waals surface area (Å²) in [7, 11) is 0. The maximum atomic E-state index is 13.8. The van der Waals surface area contributed by atoms with Crippen LogP contribution < -0.4 is 15.4 Å². The van der Waals surface area contributed by atoms with Crippen LogP contribution in [0.5, 0.6) is 5.75 Å². The van der Waals surface area contributed by atoms with Crippen molar-refractivity contribution in [1.29, 1.82) is 0 Å². The molecule has 2 N–H and O–H groups in total. The summed E-state index contributed by atoms with van der Waals surface area (Å²) >= 11 is 0. The first kappa shape index (κ1) is 29.7. The SMILES string of the molecule is CCCNCCOc1ccc(C(=O)NC2C/C(=C\c3ccc(F)c(F)c3)C(=O)/C(=C/c3ccc(F)c(F)c3)C2)cc1. The summed E-state index contributed by atoms with van der Waals surface area (Å²) in [6.45, 7) is 4.18. The predicted octanol–water partition coefficient (Wildman–Crippen LogP) is 6.25. The standard InChI is InChI=1S/C32H30F4N2O3/c1-2-11-37-12-13-41-26-7-5-22(6-8-26)32(40)38-25-18-23(14-20-3-9-27(33)29(35)16-20)31(39)24(19-25)15-21-4-10-28(34)30(36)17-21/h3-10,14-17,25,37H,2,11-13,18-19H2,1H3,(H,38,40)/b23-14+,24-15+. The third kappa shape index (κ3) is 8.14. The van der Waals surface area contributed by atoms with Gasteiger partial charge >= 0.3 is 0 Å². The van der Waals surface area contributed by atoms with Crippen LogP contribution in [0.3, 0.4) is 0 Å². The van der Waals surface area contributed by atoms with E-state index in [-0.39, 0.29) is 46.8 Å². The van der Waals surface area contributed by atoms with Gasteiger partial charge in [-0.1, -0.05) is 19.1 Å². The van der Waals surface area contributed by atoms with Crippen LogP contribution in [0.25, 0.3) is 12.2 Å². The number of hydrogen-bond donors (Lipinski definition) is 2. The third-order valence-electron chi connectivity index (χ3n) is 6.51. The molecule has 214 valence electrons. The summed E-state index contributed by atoms with van der Waals surface area (Å²) in [5.41, 5.74) is 1.43. The zero-order valence-corrected chi connectivity index (χ0v) is 22.5. The van der Waals surface area contributed by atoms with Gasteiger partial charge in [-0.2, -0.15) is 0 Å². The van der Waals surface area contributed by atoms with E-state index in [1.807, 2.05) is 0 Å². The van der Waals surface area contributed by atoms with E-state index in [2.05, 4.69) is 17.6 Å². The van der Waals surface area contributed by atoms with Crippen molar-refractivity contribution in [3.05, 3.63) is 112 Å². The Kier molecular flexibility index (Phi) is 10.1. The van der Waals surface area contributed by atoms with Crippen LogP contribution in [-0.4, -0.2) is 37.4 Å². The number of Topliss-reactive ketones (excluding diaryl/α,β-unsaturated/α-hetero) is 1. The molecule has 0 atom stereocenters. The molecule has 9 heteroatoms. The molecule has 1 aliphatic carbocycles. The van der Waals surface area contributed by atoms with Crippen molar-refractivity contribution in [2.24, 2.45) is 0 Å². The van der Waals surface area contributed by atoms with Crippen LogP contribution in [-0.2, 0) is 4.79 Å². The Balaban J connectivity index is 1.53. The van der Waals surface area contributed by atoms with Crippen molar-refractivity contribution in [3.63, 3.8) is 0 Å². The fraction of sp³-hybridized carbons (Fsp3) is 0.250. The number of rotatable bonds is 10. The molecule has 0 saturated heterocycles. The van der Waals surface area contributed by atoms with Gasteiger partial charge in [-0.05, 0) is 97.6 Å². The summed E-state index contributed by atoms with van der Waals surface area (Å²) in [5, 5.41) is 6.16. The van der Waals surface area contributed by atoms with Gasteiger partial charge in [0, 0.05) is 29.3 Å². The van der Waals surface area contributed by atoms with E-state index in [4.69, 9.17) is 4.74 Å². The van der Waals surface area contributed by atoms with Gasteiger partial charge in [0.2, 0.25) is 0 Å². The lowest BCUT2D eigenvalue weighted by atomic mass is 9.83. The lowest BCUT2D eigenvalue weighted by Gasteiger charge is -2.27.